The van der Waals surface area contributed by atoms with Gasteiger partial charge in [-0.1, -0.05) is 24.3 Å². The van der Waals surface area contributed by atoms with Gasteiger partial charge in [0.15, 0.2) is 11.6 Å². The monoisotopic (exact) mass is 373 g/mol. The Balaban J connectivity index is 1.57. The van der Waals surface area contributed by atoms with E-state index >= 15 is 0 Å². The Morgan fingerprint density at radius 1 is 1.11 bits per heavy atom. The number of pyridine rings is 1. The predicted molar refractivity (Wildman–Crippen MR) is 103 cm³/mol. The maximum atomic E-state index is 11.8. The van der Waals surface area contributed by atoms with Crippen LogP contribution in [-0.4, -0.2) is 34.1 Å². The van der Waals surface area contributed by atoms with Gasteiger partial charge in [-0.15, -0.1) is 0 Å². The van der Waals surface area contributed by atoms with Crippen LogP contribution in [0.25, 0.3) is 11.4 Å². The number of hydrogen-bond donors (Lipinski definition) is 0. The molecule has 0 spiro atoms. The van der Waals surface area contributed by atoms with Gasteiger partial charge in [-0.25, -0.2) is 19.3 Å². The van der Waals surface area contributed by atoms with E-state index in [1.807, 2.05) is 16.9 Å². The van der Waals surface area contributed by atoms with E-state index in [9.17, 15) is 4.79 Å². The average molecular weight is 373 g/mol. The lowest BCUT2D eigenvalue weighted by Crippen LogP contribution is -2.16. The van der Waals surface area contributed by atoms with Gasteiger partial charge in [0.25, 0.3) is 0 Å². The summed E-state index contributed by atoms with van der Waals surface area (Å²) in [4.78, 5) is 20.6. The predicted octanol–water partition coefficient (Wildman–Crippen LogP) is 1.62. The van der Waals surface area contributed by atoms with E-state index in [2.05, 4.69) is 34.3 Å². The molecule has 0 unspecified atom stereocenters. The highest BCUT2D eigenvalue weighted by Gasteiger charge is 2.27. The maximum Gasteiger partial charge on any atom is 0.250 e. The first-order valence-electron chi connectivity index (χ1n) is 9.19. The third-order valence-electron chi connectivity index (χ3n) is 5.16. The van der Waals surface area contributed by atoms with Crippen molar-refractivity contribution in [3.05, 3.63) is 82.6 Å². The van der Waals surface area contributed by atoms with Crippen molar-refractivity contribution in [2.45, 2.75) is 25.4 Å². The Morgan fingerprint density at radius 2 is 1.89 bits per heavy atom. The minimum Gasteiger partial charge on any atom is -0.318 e. The molecule has 3 heterocycles. The highest BCUT2D eigenvalue weighted by molar-refractivity contribution is 5.54. The van der Waals surface area contributed by atoms with E-state index in [1.165, 1.54) is 17.5 Å². The van der Waals surface area contributed by atoms with Gasteiger partial charge in [0.2, 0.25) is 5.56 Å². The van der Waals surface area contributed by atoms with E-state index in [0.29, 0.717) is 12.4 Å². The second kappa shape index (κ2) is 6.56. The van der Waals surface area contributed by atoms with Crippen molar-refractivity contribution >= 4 is 0 Å². The van der Waals surface area contributed by atoms with Crippen molar-refractivity contribution in [3.63, 3.8) is 0 Å². The second-order valence-electron chi connectivity index (χ2n) is 7.09. The second-order valence-corrected chi connectivity index (χ2v) is 7.09. The summed E-state index contributed by atoms with van der Waals surface area (Å²) in [6, 6.07) is 12.1. The van der Waals surface area contributed by atoms with E-state index in [4.69, 9.17) is 10.1 Å². The first-order valence-corrected chi connectivity index (χ1v) is 9.19. The standard InChI is InChI=1S/C20H19N7O/c1-25-10-16(6-7-19(25)28)20-23-18(11-26-13-21-12-22-26)24-27(20)17-8-14-4-2-3-5-15(14)9-17/h2-7,10,12-13,17H,8-9,11H2,1H3. The Morgan fingerprint density at radius 3 is 2.57 bits per heavy atom. The fraction of sp³-hybridized carbons (Fsp3) is 0.250. The quantitative estimate of drug-likeness (QED) is 0.543. The fourth-order valence-electron chi connectivity index (χ4n) is 3.78. The molecule has 0 saturated carbocycles. The first-order chi connectivity index (χ1) is 13.7. The maximum absolute atomic E-state index is 11.8. The topological polar surface area (TPSA) is 83.4 Å². The summed E-state index contributed by atoms with van der Waals surface area (Å²) in [5.74, 6) is 1.44. The van der Waals surface area contributed by atoms with Gasteiger partial charge in [-0.05, 0) is 30.0 Å². The molecule has 28 heavy (non-hydrogen) atoms. The van der Waals surface area contributed by atoms with Crippen molar-refractivity contribution in [3.8, 4) is 11.4 Å². The van der Waals surface area contributed by atoms with Crippen LogP contribution in [-0.2, 0) is 26.4 Å². The molecule has 3 aromatic heterocycles. The molecule has 0 bridgehead atoms. The Hall–Kier alpha value is -3.55. The van der Waals surface area contributed by atoms with Gasteiger partial charge in [-0.3, -0.25) is 4.79 Å². The third kappa shape index (κ3) is 2.92. The molecule has 0 saturated heterocycles. The summed E-state index contributed by atoms with van der Waals surface area (Å²) in [7, 11) is 1.74. The largest absolute Gasteiger partial charge is 0.318 e. The van der Waals surface area contributed by atoms with Crippen LogP contribution in [0.5, 0.6) is 0 Å². The molecular weight excluding hydrogens is 354 g/mol. The normalized spacial score (nSPS) is 13.8. The lowest BCUT2D eigenvalue weighted by Gasteiger charge is -2.13. The zero-order valence-corrected chi connectivity index (χ0v) is 15.4. The molecule has 0 aliphatic heterocycles. The van der Waals surface area contributed by atoms with Crippen LogP contribution < -0.4 is 5.56 Å². The molecule has 0 fully saturated rings. The smallest absolute Gasteiger partial charge is 0.250 e. The van der Waals surface area contributed by atoms with Gasteiger partial charge in [0.1, 0.15) is 19.2 Å². The number of benzene rings is 1. The SMILES string of the molecule is Cn1cc(-c2nc(Cn3cncn3)nn2C2Cc3ccccc3C2)ccc1=O. The molecule has 8 heteroatoms. The molecule has 8 nitrogen and oxygen atoms in total. The number of rotatable bonds is 4. The van der Waals surface area contributed by atoms with Crippen LogP contribution in [0, 0.1) is 0 Å². The Kier molecular flexibility index (Phi) is 3.89. The highest BCUT2D eigenvalue weighted by Crippen LogP contribution is 2.32. The van der Waals surface area contributed by atoms with Gasteiger partial charge in [0, 0.05) is 24.9 Å². The van der Waals surface area contributed by atoms with Crippen molar-refractivity contribution in [2.24, 2.45) is 7.05 Å². The number of fused-ring (bicyclic) bond motifs is 1. The lowest BCUT2D eigenvalue weighted by molar-refractivity contribution is 0.473. The van der Waals surface area contributed by atoms with Crippen molar-refractivity contribution in [2.75, 3.05) is 0 Å². The molecule has 1 aliphatic carbocycles. The number of hydrogen-bond acceptors (Lipinski definition) is 5. The van der Waals surface area contributed by atoms with Crippen LogP contribution in [0.4, 0.5) is 0 Å². The molecule has 0 N–H and O–H groups in total. The highest BCUT2D eigenvalue weighted by atomic mass is 16.1. The minimum atomic E-state index is -0.0501. The fourth-order valence-corrected chi connectivity index (χ4v) is 3.78. The van der Waals surface area contributed by atoms with Crippen molar-refractivity contribution in [1.29, 1.82) is 0 Å². The number of aryl methyl sites for hydroxylation is 1. The van der Waals surface area contributed by atoms with E-state index in [0.717, 1.165) is 24.2 Å². The Bertz CT molecular complexity index is 1160. The Labute approximate surface area is 161 Å². The summed E-state index contributed by atoms with van der Waals surface area (Å²) in [5, 5.41) is 8.96. The summed E-state index contributed by atoms with van der Waals surface area (Å²) >= 11 is 0. The van der Waals surface area contributed by atoms with Crippen LogP contribution in [0.15, 0.2) is 60.0 Å². The third-order valence-corrected chi connectivity index (χ3v) is 5.16. The van der Waals surface area contributed by atoms with Crippen LogP contribution in [0.1, 0.15) is 23.0 Å². The summed E-state index contributed by atoms with van der Waals surface area (Å²) in [6.45, 7) is 0.450. The van der Waals surface area contributed by atoms with Gasteiger partial charge >= 0.3 is 0 Å². The number of aromatic nitrogens is 7. The molecule has 0 radical (unpaired) electrons. The first kappa shape index (κ1) is 16.6. The summed E-state index contributed by atoms with van der Waals surface area (Å²) < 4.78 is 5.27. The van der Waals surface area contributed by atoms with Crippen LogP contribution in [0.3, 0.4) is 0 Å². The van der Waals surface area contributed by atoms with Crippen molar-refractivity contribution < 1.29 is 0 Å². The molecule has 140 valence electrons. The average Bonchev–Trinajstić information content (AvgIpc) is 3.43. The van der Waals surface area contributed by atoms with Gasteiger partial charge < -0.3 is 4.57 Å². The molecule has 4 aromatic rings. The van der Waals surface area contributed by atoms with E-state index in [-0.39, 0.29) is 11.6 Å². The molecule has 0 atom stereocenters. The van der Waals surface area contributed by atoms with Gasteiger partial charge in [-0.2, -0.15) is 10.2 Å². The molecule has 5 rings (SSSR count). The molecule has 1 aliphatic rings. The van der Waals surface area contributed by atoms with Crippen molar-refractivity contribution in [1.82, 2.24) is 34.1 Å². The van der Waals surface area contributed by atoms with Crippen LogP contribution in [0.2, 0.25) is 0 Å². The summed E-state index contributed by atoms with van der Waals surface area (Å²) in [6.07, 6.45) is 6.79. The zero-order chi connectivity index (χ0) is 19.1. The minimum absolute atomic E-state index is 0.0501. The molecule has 1 aromatic carbocycles. The zero-order valence-electron chi connectivity index (χ0n) is 15.4. The molecule has 0 amide bonds. The van der Waals surface area contributed by atoms with E-state index < -0.39 is 0 Å². The van der Waals surface area contributed by atoms with Gasteiger partial charge in [0.05, 0.1) is 6.04 Å². The van der Waals surface area contributed by atoms with E-state index in [1.54, 1.807) is 28.7 Å². The molecular formula is C20H19N7O. The van der Waals surface area contributed by atoms with Crippen LogP contribution >= 0.6 is 0 Å². The lowest BCUT2D eigenvalue weighted by atomic mass is 10.1. The number of nitrogens with zero attached hydrogens (tertiary/aromatic N) is 7. The summed E-state index contributed by atoms with van der Waals surface area (Å²) in [5.41, 5.74) is 3.53.